The van der Waals surface area contributed by atoms with Crippen LogP contribution in [0.2, 0.25) is 0 Å². The molecule has 0 spiro atoms. The molecule has 0 amide bonds. The zero-order valence-electron chi connectivity index (χ0n) is 10.9. The molecule has 3 nitrogen and oxygen atoms in total. The lowest BCUT2D eigenvalue weighted by molar-refractivity contribution is 0.0959. The number of nitrogens with zero attached hydrogens (tertiary/aromatic N) is 1. The Balaban J connectivity index is 2.03. The summed E-state index contributed by atoms with van der Waals surface area (Å²) in [5.74, 6) is 0.379. The summed E-state index contributed by atoms with van der Waals surface area (Å²) in [5, 5.41) is 0. The average molecular weight is 252 g/mol. The number of rotatable bonds is 2. The molecule has 1 atom stereocenters. The van der Waals surface area contributed by atoms with Crippen molar-refractivity contribution >= 4 is 11.6 Å². The van der Waals surface area contributed by atoms with Gasteiger partial charge < -0.3 is 5.73 Å². The van der Waals surface area contributed by atoms with E-state index in [9.17, 15) is 4.79 Å². The fourth-order valence-electron chi connectivity index (χ4n) is 2.90. The lowest BCUT2D eigenvalue weighted by Crippen LogP contribution is -2.14. The number of hydrogen-bond donors (Lipinski definition) is 1. The van der Waals surface area contributed by atoms with Crippen LogP contribution in [0.3, 0.4) is 0 Å². The molecule has 0 saturated heterocycles. The van der Waals surface area contributed by atoms with E-state index in [1.54, 1.807) is 6.20 Å². The quantitative estimate of drug-likeness (QED) is 0.836. The normalized spacial score (nSPS) is 17.2. The molecule has 3 heteroatoms. The molecule has 1 unspecified atom stereocenters. The standard InChI is InChI=1S/C16H16N2O/c1-10-8-9-18-16(17)14(10)15(19)13-7-6-11-4-2-3-5-12(11)13/h2-5,8-9,13H,6-7H2,1H3,(H2,17,18). The highest BCUT2D eigenvalue weighted by molar-refractivity contribution is 6.05. The molecule has 1 aromatic heterocycles. The Kier molecular flexibility index (Phi) is 2.82. The topological polar surface area (TPSA) is 56.0 Å². The fourth-order valence-corrected chi connectivity index (χ4v) is 2.90. The molecule has 1 aromatic carbocycles. The van der Waals surface area contributed by atoms with Gasteiger partial charge in [0.05, 0.1) is 5.56 Å². The number of hydrogen-bond acceptors (Lipinski definition) is 3. The Bertz CT molecular complexity index is 629. The Labute approximate surface area is 112 Å². The lowest BCUT2D eigenvalue weighted by Gasteiger charge is -2.13. The highest BCUT2D eigenvalue weighted by Gasteiger charge is 2.30. The van der Waals surface area contributed by atoms with Gasteiger partial charge in [-0.05, 0) is 42.5 Å². The first-order valence-electron chi connectivity index (χ1n) is 6.51. The van der Waals surface area contributed by atoms with Gasteiger partial charge in [-0.15, -0.1) is 0 Å². The predicted octanol–water partition coefficient (Wildman–Crippen LogP) is 2.88. The molecule has 0 saturated carbocycles. The summed E-state index contributed by atoms with van der Waals surface area (Å²) in [5.41, 5.74) is 9.80. The van der Waals surface area contributed by atoms with Crippen molar-refractivity contribution in [1.29, 1.82) is 0 Å². The van der Waals surface area contributed by atoms with Gasteiger partial charge in [0.2, 0.25) is 0 Å². The van der Waals surface area contributed by atoms with Gasteiger partial charge in [-0.25, -0.2) is 4.98 Å². The summed E-state index contributed by atoms with van der Waals surface area (Å²) in [6.45, 7) is 1.91. The summed E-state index contributed by atoms with van der Waals surface area (Å²) >= 11 is 0. The van der Waals surface area contributed by atoms with Crippen LogP contribution >= 0.6 is 0 Å². The van der Waals surface area contributed by atoms with Crippen molar-refractivity contribution < 1.29 is 4.79 Å². The van der Waals surface area contributed by atoms with Gasteiger partial charge in [0, 0.05) is 12.1 Å². The van der Waals surface area contributed by atoms with Crippen LogP contribution in [-0.2, 0) is 6.42 Å². The number of nitrogen functional groups attached to an aromatic ring is 1. The van der Waals surface area contributed by atoms with Crippen LogP contribution < -0.4 is 5.73 Å². The van der Waals surface area contributed by atoms with E-state index < -0.39 is 0 Å². The molecule has 1 aliphatic rings. The predicted molar refractivity (Wildman–Crippen MR) is 75.2 cm³/mol. The maximum Gasteiger partial charge on any atom is 0.174 e. The maximum atomic E-state index is 12.7. The minimum atomic E-state index is -0.0681. The molecule has 0 bridgehead atoms. The van der Waals surface area contributed by atoms with Crippen LogP contribution in [0.15, 0.2) is 36.5 Å². The second kappa shape index (κ2) is 4.50. The van der Waals surface area contributed by atoms with Gasteiger partial charge in [0.15, 0.2) is 5.78 Å². The van der Waals surface area contributed by atoms with E-state index in [0.717, 1.165) is 24.0 Å². The highest BCUT2D eigenvalue weighted by atomic mass is 16.1. The van der Waals surface area contributed by atoms with Crippen molar-refractivity contribution in [2.45, 2.75) is 25.7 Å². The van der Waals surface area contributed by atoms with Gasteiger partial charge in [0.1, 0.15) is 5.82 Å². The van der Waals surface area contributed by atoms with E-state index in [2.05, 4.69) is 11.1 Å². The van der Waals surface area contributed by atoms with Crippen molar-refractivity contribution in [3.8, 4) is 0 Å². The number of Topliss-reactive ketones (excluding diaryl/α,β-unsaturated/α-hetero) is 1. The van der Waals surface area contributed by atoms with Crippen molar-refractivity contribution in [2.75, 3.05) is 5.73 Å². The Morgan fingerprint density at radius 1 is 1.32 bits per heavy atom. The summed E-state index contributed by atoms with van der Waals surface area (Å²) in [6, 6.07) is 10.00. The van der Waals surface area contributed by atoms with Crippen LogP contribution in [0, 0.1) is 6.92 Å². The number of ketones is 1. The second-order valence-corrected chi connectivity index (χ2v) is 5.04. The van der Waals surface area contributed by atoms with Gasteiger partial charge in [0.25, 0.3) is 0 Å². The number of fused-ring (bicyclic) bond motifs is 1. The number of anilines is 1. The highest BCUT2D eigenvalue weighted by Crippen LogP contribution is 2.36. The SMILES string of the molecule is Cc1ccnc(N)c1C(=O)C1CCc2ccccc21. The Morgan fingerprint density at radius 2 is 2.11 bits per heavy atom. The van der Waals surface area contributed by atoms with E-state index in [4.69, 9.17) is 5.73 Å². The molecule has 96 valence electrons. The third-order valence-electron chi connectivity index (χ3n) is 3.88. The van der Waals surface area contributed by atoms with Crippen molar-refractivity contribution in [1.82, 2.24) is 4.98 Å². The van der Waals surface area contributed by atoms with E-state index in [0.29, 0.717) is 11.4 Å². The van der Waals surface area contributed by atoms with E-state index in [1.807, 2.05) is 31.2 Å². The minimum absolute atomic E-state index is 0.0681. The number of carbonyl (C=O) groups is 1. The number of pyridine rings is 1. The lowest BCUT2D eigenvalue weighted by atomic mass is 9.90. The summed E-state index contributed by atoms with van der Waals surface area (Å²) < 4.78 is 0. The average Bonchev–Trinajstić information content (AvgIpc) is 2.82. The molecule has 2 aromatic rings. The molecular weight excluding hydrogens is 236 g/mol. The van der Waals surface area contributed by atoms with E-state index >= 15 is 0 Å². The third-order valence-corrected chi connectivity index (χ3v) is 3.88. The summed E-state index contributed by atoms with van der Waals surface area (Å²) in [7, 11) is 0. The third kappa shape index (κ3) is 1.91. The molecule has 19 heavy (non-hydrogen) atoms. The molecule has 0 fully saturated rings. The first-order valence-corrected chi connectivity index (χ1v) is 6.51. The van der Waals surface area contributed by atoms with Crippen molar-refractivity contribution in [2.24, 2.45) is 0 Å². The van der Waals surface area contributed by atoms with Crippen LogP contribution in [-0.4, -0.2) is 10.8 Å². The van der Waals surface area contributed by atoms with Crippen molar-refractivity contribution in [3.05, 3.63) is 58.8 Å². The smallest absolute Gasteiger partial charge is 0.174 e. The molecule has 0 radical (unpaired) electrons. The van der Waals surface area contributed by atoms with Crippen LogP contribution in [0.25, 0.3) is 0 Å². The van der Waals surface area contributed by atoms with E-state index in [-0.39, 0.29) is 11.7 Å². The van der Waals surface area contributed by atoms with Gasteiger partial charge in [-0.2, -0.15) is 0 Å². The van der Waals surface area contributed by atoms with Gasteiger partial charge in [-0.3, -0.25) is 4.79 Å². The number of carbonyl (C=O) groups excluding carboxylic acids is 1. The number of aryl methyl sites for hydroxylation is 2. The molecule has 0 aliphatic heterocycles. The van der Waals surface area contributed by atoms with Crippen molar-refractivity contribution in [3.63, 3.8) is 0 Å². The van der Waals surface area contributed by atoms with Gasteiger partial charge in [-0.1, -0.05) is 24.3 Å². The zero-order valence-corrected chi connectivity index (χ0v) is 10.9. The first kappa shape index (κ1) is 11.9. The fraction of sp³-hybridized carbons (Fsp3) is 0.250. The monoisotopic (exact) mass is 252 g/mol. The summed E-state index contributed by atoms with van der Waals surface area (Å²) in [4.78, 5) is 16.8. The first-order chi connectivity index (χ1) is 9.18. The molecule has 3 rings (SSSR count). The van der Waals surface area contributed by atoms with E-state index in [1.165, 1.54) is 5.56 Å². The molecule has 2 N–H and O–H groups in total. The minimum Gasteiger partial charge on any atom is -0.383 e. The Hall–Kier alpha value is -2.16. The zero-order chi connectivity index (χ0) is 13.4. The molecule has 1 aliphatic carbocycles. The number of nitrogens with two attached hydrogens (primary N) is 1. The van der Waals surface area contributed by atoms with Crippen LogP contribution in [0.5, 0.6) is 0 Å². The van der Waals surface area contributed by atoms with Crippen LogP contribution in [0.1, 0.15) is 39.4 Å². The second-order valence-electron chi connectivity index (χ2n) is 5.04. The molecule has 1 heterocycles. The van der Waals surface area contributed by atoms with Gasteiger partial charge >= 0.3 is 0 Å². The number of aromatic nitrogens is 1. The van der Waals surface area contributed by atoms with Crippen LogP contribution in [0.4, 0.5) is 5.82 Å². The number of benzene rings is 1. The summed E-state index contributed by atoms with van der Waals surface area (Å²) in [6.07, 6.45) is 3.47. The maximum absolute atomic E-state index is 12.7. The largest absolute Gasteiger partial charge is 0.383 e. The Morgan fingerprint density at radius 3 is 2.89 bits per heavy atom. The molecular formula is C16H16N2O.